The first-order valence-electron chi connectivity index (χ1n) is 6.45. The van der Waals surface area contributed by atoms with Crippen molar-refractivity contribution in [1.82, 2.24) is 0 Å². The molecule has 0 amide bonds. The van der Waals surface area contributed by atoms with Gasteiger partial charge in [0.05, 0.1) is 24.7 Å². The van der Waals surface area contributed by atoms with Gasteiger partial charge in [0, 0.05) is 0 Å². The van der Waals surface area contributed by atoms with E-state index < -0.39 is 17.3 Å². The van der Waals surface area contributed by atoms with E-state index in [2.05, 4.69) is 13.0 Å². The van der Waals surface area contributed by atoms with Gasteiger partial charge in [0.1, 0.15) is 0 Å². The van der Waals surface area contributed by atoms with Crippen LogP contribution < -0.4 is 4.74 Å². The van der Waals surface area contributed by atoms with Crippen LogP contribution in [0.15, 0.2) is 18.2 Å². The number of hydrogen-bond donors (Lipinski definition) is 1. The van der Waals surface area contributed by atoms with E-state index in [9.17, 15) is 14.8 Å². The van der Waals surface area contributed by atoms with E-state index in [1.54, 1.807) is 6.07 Å². The molecule has 0 saturated heterocycles. The largest absolute Gasteiger partial charge is 0.494 e. The zero-order valence-corrected chi connectivity index (χ0v) is 11.2. The highest BCUT2D eigenvalue weighted by Gasteiger charge is 2.44. The van der Waals surface area contributed by atoms with E-state index in [-0.39, 0.29) is 5.75 Å². The van der Waals surface area contributed by atoms with Gasteiger partial charge in [-0.1, -0.05) is 13.0 Å². The first-order chi connectivity index (χ1) is 9.02. The number of nitrogens with zero attached hydrogens (tertiary/aromatic N) is 1. The van der Waals surface area contributed by atoms with Crippen molar-refractivity contribution in [3.63, 3.8) is 0 Å². The Balaban J connectivity index is 2.31. The Kier molecular flexibility index (Phi) is 3.77. The molecule has 3 nitrogen and oxygen atoms in total. The molecule has 1 saturated carbocycles. The number of ether oxygens (including phenoxy) is 1. The molecule has 1 aliphatic carbocycles. The van der Waals surface area contributed by atoms with Crippen LogP contribution in [0.1, 0.15) is 37.9 Å². The topological polar surface area (TPSA) is 53.2 Å². The van der Waals surface area contributed by atoms with E-state index in [1.165, 1.54) is 19.2 Å². The monoisotopic (exact) mass is 263 g/mol. The minimum Gasteiger partial charge on any atom is -0.494 e. The Hall–Kier alpha value is -1.60. The molecule has 0 spiro atoms. The third-order valence-corrected chi connectivity index (χ3v) is 4.03. The number of aliphatic hydroxyl groups excluding tert-OH is 1. The second kappa shape index (κ2) is 5.18. The number of aliphatic hydroxyl groups is 1. The summed E-state index contributed by atoms with van der Waals surface area (Å²) < 4.78 is 18.5. The molecule has 19 heavy (non-hydrogen) atoms. The average Bonchev–Trinajstić information content (AvgIpc) is 2.80. The van der Waals surface area contributed by atoms with Crippen LogP contribution >= 0.6 is 0 Å². The van der Waals surface area contributed by atoms with Gasteiger partial charge in [0.2, 0.25) is 0 Å². The highest BCUT2D eigenvalue weighted by molar-refractivity contribution is 5.32. The van der Waals surface area contributed by atoms with Gasteiger partial charge < -0.3 is 9.84 Å². The molecule has 0 bridgehead atoms. The summed E-state index contributed by atoms with van der Waals surface area (Å²) >= 11 is 0. The molecule has 0 radical (unpaired) electrons. The molecular formula is C15H18FNO2. The summed E-state index contributed by atoms with van der Waals surface area (Å²) in [6.45, 7) is 2.07. The van der Waals surface area contributed by atoms with Gasteiger partial charge in [-0.25, -0.2) is 4.39 Å². The van der Waals surface area contributed by atoms with E-state index >= 15 is 0 Å². The third kappa shape index (κ3) is 2.43. The zero-order chi connectivity index (χ0) is 14.0. The normalized spacial score (nSPS) is 27.8. The smallest absolute Gasteiger partial charge is 0.165 e. The molecule has 3 unspecified atom stereocenters. The summed E-state index contributed by atoms with van der Waals surface area (Å²) in [4.78, 5) is 0. The van der Waals surface area contributed by atoms with E-state index in [0.29, 0.717) is 24.3 Å². The number of nitriles is 1. The first kappa shape index (κ1) is 13.8. The number of methoxy groups -OCH3 is 1. The van der Waals surface area contributed by atoms with Crippen molar-refractivity contribution in [3.8, 4) is 11.8 Å². The fourth-order valence-electron chi connectivity index (χ4n) is 2.91. The van der Waals surface area contributed by atoms with E-state index in [0.717, 1.165) is 6.42 Å². The average molecular weight is 263 g/mol. The fraction of sp³-hybridized carbons (Fsp3) is 0.533. The summed E-state index contributed by atoms with van der Waals surface area (Å²) in [6.07, 6.45) is 1.27. The molecule has 0 aliphatic heterocycles. The van der Waals surface area contributed by atoms with Crippen LogP contribution in [0.3, 0.4) is 0 Å². The van der Waals surface area contributed by atoms with Crippen molar-refractivity contribution in [1.29, 1.82) is 5.26 Å². The second-order valence-corrected chi connectivity index (χ2v) is 5.41. The lowest BCUT2D eigenvalue weighted by atomic mass is 9.78. The van der Waals surface area contributed by atoms with Crippen molar-refractivity contribution < 1.29 is 14.2 Å². The third-order valence-electron chi connectivity index (χ3n) is 4.03. The van der Waals surface area contributed by atoms with E-state index in [4.69, 9.17) is 4.74 Å². The van der Waals surface area contributed by atoms with Gasteiger partial charge in [0.15, 0.2) is 11.6 Å². The maximum Gasteiger partial charge on any atom is 0.165 e. The molecule has 102 valence electrons. The molecule has 1 aromatic rings. The van der Waals surface area contributed by atoms with E-state index in [1.807, 2.05) is 0 Å². The fourth-order valence-corrected chi connectivity index (χ4v) is 2.91. The Morgan fingerprint density at radius 1 is 1.58 bits per heavy atom. The molecule has 3 atom stereocenters. The number of rotatable bonds is 3. The van der Waals surface area contributed by atoms with Gasteiger partial charge >= 0.3 is 0 Å². The first-order valence-corrected chi connectivity index (χ1v) is 6.45. The SMILES string of the molecule is COc1ccc(C(O)C2(C#N)CCC(C)C2)cc1F. The molecule has 0 heterocycles. The maximum absolute atomic E-state index is 13.7. The number of benzene rings is 1. The summed E-state index contributed by atoms with van der Waals surface area (Å²) in [7, 11) is 1.39. The zero-order valence-electron chi connectivity index (χ0n) is 11.2. The lowest BCUT2D eigenvalue weighted by molar-refractivity contribution is 0.0644. The second-order valence-electron chi connectivity index (χ2n) is 5.41. The van der Waals surface area contributed by atoms with Gasteiger partial charge in [-0.05, 0) is 42.9 Å². The predicted octanol–water partition coefficient (Wildman–Crippen LogP) is 3.20. The van der Waals surface area contributed by atoms with Crippen LogP contribution in [0, 0.1) is 28.5 Å². The van der Waals surface area contributed by atoms with Crippen molar-refractivity contribution in [3.05, 3.63) is 29.6 Å². The molecule has 1 aliphatic rings. The summed E-state index contributed by atoms with van der Waals surface area (Å²) in [5.41, 5.74) is -0.352. The van der Waals surface area contributed by atoms with Crippen LogP contribution in [0.2, 0.25) is 0 Å². The van der Waals surface area contributed by atoms with Crippen LogP contribution in [0.5, 0.6) is 5.75 Å². The molecule has 4 heteroatoms. The van der Waals surface area contributed by atoms with Gasteiger partial charge in [0.25, 0.3) is 0 Å². The molecule has 1 fully saturated rings. The Morgan fingerprint density at radius 3 is 2.79 bits per heavy atom. The highest BCUT2D eigenvalue weighted by Crippen LogP contribution is 2.49. The van der Waals surface area contributed by atoms with Gasteiger partial charge in [-0.15, -0.1) is 0 Å². The van der Waals surface area contributed by atoms with Crippen molar-refractivity contribution in [2.75, 3.05) is 7.11 Å². The Morgan fingerprint density at radius 2 is 2.32 bits per heavy atom. The molecule has 1 aromatic carbocycles. The lowest BCUT2D eigenvalue weighted by Gasteiger charge is -2.27. The minimum absolute atomic E-state index is 0.141. The van der Waals surface area contributed by atoms with Crippen molar-refractivity contribution in [2.45, 2.75) is 32.3 Å². The van der Waals surface area contributed by atoms with Crippen LogP contribution in [0.25, 0.3) is 0 Å². The van der Waals surface area contributed by atoms with Gasteiger partial charge in [-0.3, -0.25) is 0 Å². The molecule has 2 rings (SSSR count). The number of hydrogen-bond acceptors (Lipinski definition) is 3. The van der Waals surface area contributed by atoms with Crippen LogP contribution in [0.4, 0.5) is 4.39 Å². The van der Waals surface area contributed by atoms with Crippen molar-refractivity contribution >= 4 is 0 Å². The highest BCUT2D eigenvalue weighted by atomic mass is 19.1. The minimum atomic E-state index is -0.956. The Labute approximate surface area is 112 Å². The standard InChI is InChI=1S/C15H18FNO2/c1-10-5-6-15(8-10,9-17)14(18)11-3-4-13(19-2)12(16)7-11/h3-4,7,10,14,18H,5-6,8H2,1-2H3. The number of halogens is 1. The predicted molar refractivity (Wildman–Crippen MR) is 69.0 cm³/mol. The van der Waals surface area contributed by atoms with Gasteiger partial charge in [-0.2, -0.15) is 5.26 Å². The Bertz CT molecular complexity index is 511. The van der Waals surface area contributed by atoms with Crippen molar-refractivity contribution in [2.24, 2.45) is 11.3 Å². The quantitative estimate of drug-likeness (QED) is 0.911. The summed E-state index contributed by atoms with van der Waals surface area (Å²) in [5, 5.41) is 19.9. The summed E-state index contributed by atoms with van der Waals surface area (Å²) in [5.74, 6) is 0.0392. The van der Waals surface area contributed by atoms with Crippen LogP contribution in [-0.4, -0.2) is 12.2 Å². The van der Waals surface area contributed by atoms with Crippen LogP contribution in [-0.2, 0) is 0 Å². The lowest BCUT2D eigenvalue weighted by Crippen LogP contribution is -2.24. The summed E-state index contributed by atoms with van der Waals surface area (Å²) in [6, 6.07) is 6.61. The maximum atomic E-state index is 13.7. The molecular weight excluding hydrogens is 245 g/mol. The molecule has 1 N–H and O–H groups in total. The molecule has 0 aromatic heterocycles.